The fraction of sp³-hybridized carbons (Fsp3) is 0.357. The van der Waals surface area contributed by atoms with Gasteiger partial charge in [0.05, 0.1) is 11.1 Å². The van der Waals surface area contributed by atoms with Crippen LogP contribution in [0.5, 0.6) is 0 Å². The third-order valence-electron chi connectivity index (χ3n) is 3.77. The van der Waals surface area contributed by atoms with Gasteiger partial charge in [0.25, 0.3) is 17.7 Å². The van der Waals surface area contributed by atoms with E-state index in [0.717, 1.165) is 18.0 Å². The lowest BCUT2D eigenvalue weighted by Gasteiger charge is -2.27. The van der Waals surface area contributed by atoms with Crippen LogP contribution in [0.15, 0.2) is 18.2 Å². The van der Waals surface area contributed by atoms with Gasteiger partial charge >= 0.3 is 0 Å². The minimum Gasteiger partial charge on any atom is -0.352 e. The van der Waals surface area contributed by atoms with Crippen LogP contribution in [-0.4, -0.2) is 49.3 Å². The summed E-state index contributed by atoms with van der Waals surface area (Å²) in [5.74, 6) is -0.419. The summed E-state index contributed by atoms with van der Waals surface area (Å²) < 4.78 is 0. The molecule has 6 nitrogen and oxygen atoms in total. The number of benzene rings is 1. The molecule has 2 aliphatic heterocycles. The zero-order chi connectivity index (χ0) is 14.3. The summed E-state index contributed by atoms with van der Waals surface area (Å²) >= 11 is 0. The highest BCUT2D eigenvalue weighted by Crippen LogP contribution is 2.22. The van der Waals surface area contributed by atoms with Crippen LogP contribution in [0.2, 0.25) is 0 Å². The van der Waals surface area contributed by atoms with Crippen molar-refractivity contribution in [1.82, 2.24) is 15.5 Å². The van der Waals surface area contributed by atoms with E-state index in [4.69, 9.17) is 0 Å². The first-order chi connectivity index (χ1) is 9.58. The molecule has 1 aromatic carbocycles. The Hall–Kier alpha value is -1.92. The van der Waals surface area contributed by atoms with Gasteiger partial charge in [-0.25, -0.2) is 0 Å². The van der Waals surface area contributed by atoms with E-state index < -0.39 is 0 Å². The minimum atomic E-state index is -0.358. The van der Waals surface area contributed by atoms with Crippen molar-refractivity contribution in [1.29, 1.82) is 0 Å². The molecular formula is C14H16ClN3O3. The maximum absolute atomic E-state index is 12.0. The fourth-order valence-electron chi connectivity index (χ4n) is 2.33. The number of hydrogen-bond donors (Lipinski definition) is 2. The van der Waals surface area contributed by atoms with Crippen LogP contribution in [0.25, 0.3) is 0 Å². The zero-order valence-corrected chi connectivity index (χ0v) is 12.3. The number of amides is 3. The van der Waals surface area contributed by atoms with Crippen molar-refractivity contribution in [3.05, 3.63) is 34.9 Å². The van der Waals surface area contributed by atoms with E-state index in [1.54, 1.807) is 12.1 Å². The van der Waals surface area contributed by atoms with Crippen molar-refractivity contribution < 1.29 is 14.4 Å². The first-order valence-corrected chi connectivity index (χ1v) is 6.53. The van der Waals surface area contributed by atoms with Crippen molar-refractivity contribution in [2.75, 3.05) is 26.7 Å². The molecule has 112 valence electrons. The Morgan fingerprint density at radius 2 is 1.95 bits per heavy atom. The molecular weight excluding hydrogens is 294 g/mol. The quantitative estimate of drug-likeness (QED) is 0.786. The molecule has 0 aromatic heterocycles. The van der Waals surface area contributed by atoms with E-state index in [9.17, 15) is 14.4 Å². The number of imide groups is 1. The molecule has 1 aromatic rings. The second-order valence-electron chi connectivity index (χ2n) is 5.16. The number of fused-ring (bicyclic) bond motifs is 1. The molecule has 3 amide bonds. The molecule has 0 spiro atoms. The molecule has 2 aliphatic rings. The molecule has 1 saturated heterocycles. The highest BCUT2D eigenvalue weighted by atomic mass is 35.5. The number of halogens is 1. The van der Waals surface area contributed by atoms with Crippen LogP contribution in [0.3, 0.4) is 0 Å². The second-order valence-corrected chi connectivity index (χ2v) is 5.16. The van der Waals surface area contributed by atoms with E-state index in [0.29, 0.717) is 29.2 Å². The summed E-state index contributed by atoms with van der Waals surface area (Å²) in [5, 5.41) is 5.98. The molecule has 0 radical (unpaired) electrons. The van der Waals surface area contributed by atoms with Crippen LogP contribution in [0, 0.1) is 5.92 Å². The first kappa shape index (κ1) is 15.5. The molecule has 7 heteroatoms. The van der Waals surface area contributed by atoms with Gasteiger partial charge in [0.15, 0.2) is 0 Å². The maximum Gasteiger partial charge on any atom is 0.261 e. The Bertz CT molecular complexity index is 613. The average molecular weight is 310 g/mol. The normalized spacial score (nSPS) is 17.1. The summed E-state index contributed by atoms with van der Waals surface area (Å²) in [6, 6.07) is 4.61. The highest BCUT2D eigenvalue weighted by molar-refractivity contribution is 6.21. The number of carbonyl (C=O) groups excluding carboxylic acids is 3. The van der Waals surface area contributed by atoms with E-state index in [2.05, 4.69) is 10.6 Å². The van der Waals surface area contributed by atoms with Gasteiger partial charge in [-0.2, -0.15) is 0 Å². The monoisotopic (exact) mass is 309 g/mol. The molecule has 3 rings (SSSR count). The third-order valence-corrected chi connectivity index (χ3v) is 3.77. The smallest absolute Gasteiger partial charge is 0.261 e. The third kappa shape index (κ3) is 2.64. The highest BCUT2D eigenvalue weighted by Gasteiger charge is 2.33. The Labute approximate surface area is 128 Å². The van der Waals surface area contributed by atoms with E-state index >= 15 is 0 Å². The molecule has 0 atom stereocenters. The Kier molecular flexibility index (Phi) is 4.29. The van der Waals surface area contributed by atoms with Crippen LogP contribution < -0.4 is 10.6 Å². The summed E-state index contributed by atoms with van der Waals surface area (Å²) in [6.45, 7) is 2.46. The lowest BCUT2D eigenvalue weighted by atomic mass is 10.0. The standard InChI is InChI=1S/C14H15N3O3.ClH/c1-17-13(19)10-3-2-9(4-11(10)14(17)20)12(18)16-7-8-5-15-6-8;/h2-4,8,15H,5-7H2,1H3,(H,16,18);1H. The molecule has 0 unspecified atom stereocenters. The Balaban J connectivity index is 0.00000161. The van der Waals surface area contributed by atoms with Gasteiger partial charge in [0.1, 0.15) is 0 Å². The number of rotatable bonds is 3. The second kappa shape index (κ2) is 5.83. The van der Waals surface area contributed by atoms with Crippen molar-refractivity contribution >= 4 is 30.1 Å². The van der Waals surface area contributed by atoms with Crippen LogP contribution >= 0.6 is 12.4 Å². The lowest BCUT2D eigenvalue weighted by Crippen LogP contribution is -2.48. The van der Waals surface area contributed by atoms with E-state index in [1.165, 1.54) is 13.1 Å². The van der Waals surface area contributed by atoms with Crippen molar-refractivity contribution in [2.45, 2.75) is 0 Å². The van der Waals surface area contributed by atoms with Crippen molar-refractivity contribution in [3.63, 3.8) is 0 Å². The van der Waals surface area contributed by atoms with Crippen molar-refractivity contribution in [2.24, 2.45) is 5.92 Å². The first-order valence-electron chi connectivity index (χ1n) is 6.53. The predicted molar refractivity (Wildman–Crippen MR) is 78.8 cm³/mol. The van der Waals surface area contributed by atoms with Gasteiger partial charge in [-0.15, -0.1) is 12.4 Å². The van der Waals surface area contributed by atoms with Gasteiger partial charge in [-0.1, -0.05) is 0 Å². The number of nitrogens with one attached hydrogen (secondary N) is 2. The largest absolute Gasteiger partial charge is 0.352 e. The molecule has 0 aliphatic carbocycles. The molecule has 2 heterocycles. The van der Waals surface area contributed by atoms with E-state index in [-0.39, 0.29) is 30.1 Å². The van der Waals surface area contributed by atoms with Crippen molar-refractivity contribution in [3.8, 4) is 0 Å². The molecule has 0 bridgehead atoms. The maximum atomic E-state index is 12.0. The van der Waals surface area contributed by atoms with Crippen LogP contribution in [-0.2, 0) is 0 Å². The Morgan fingerprint density at radius 1 is 1.29 bits per heavy atom. The Morgan fingerprint density at radius 3 is 2.57 bits per heavy atom. The number of carbonyl (C=O) groups is 3. The number of hydrogen-bond acceptors (Lipinski definition) is 4. The summed E-state index contributed by atoms with van der Waals surface area (Å²) in [7, 11) is 1.44. The van der Waals surface area contributed by atoms with E-state index in [1.807, 2.05) is 0 Å². The topological polar surface area (TPSA) is 78.5 Å². The molecule has 2 N–H and O–H groups in total. The predicted octanol–water partition coefficient (Wildman–Crippen LogP) is 0.283. The summed E-state index contributed by atoms with van der Waals surface area (Å²) in [4.78, 5) is 36.7. The van der Waals surface area contributed by atoms with Crippen LogP contribution in [0.4, 0.5) is 0 Å². The van der Waals surface area contributed by atoms with Gasteiger partial charge in [-0.3, -0.25) is 19.3 Å². The zero-order valence-electron chi connectivity index (χ0n) is 11.5. The average Bonchev–Trinajstić information content (AvgIpc) is 2.62. The molecule has 0 saturated carbocycles. The SMILES string of the molecule is CN1C(=O)c2ccc(C(=O)NCC3CNC3)cc2C1=O.Cl. The molecule has 21 heavy (non-hydrogen) atoms. The van der Waals surface area contributed by atoms with Gasteiger partial charge in [-0.05, 0) is 18.2 Å². The summed E-state index contributed by atoms with van der Waals surface area (Å²) in [6.07, 6.45) is 0. The van der Waals surface area contributed by atoms with Crippen LogP contribution in [0.1, 0.15) is 31.1 Å². The van der Waals surface area contributed by atoms with Gasteiger partial charge < -0.3 is 10.6 Å². The minimum absolute atomic E-state index is 0. The number of nitrogens with zero attached hydrogens (tertiary/aromatic N) is 1. The lowest BCUT2D eigenvalue weighted by molar-refractivity contribution is 0.0693. The fourth-order valence-corrected chi connectivity index (χ4v) is 2.33. The summed E-state index contributed by atoms with van der Waals surface area (Å²) in [5.41, 5.74) is 1.07. The van der Waals surface area contributed by atoms with Gasteiger partial charge in [0.2, 0.25) is 0 Å². The van der Waals surface area contributed by atoms with Gasteiger partial charge in [0, 0.05) is 38.2 Å². The molecule has 1 fully saturated rings.